The lowest BCUT2D eigenvalue weighted by atomic mass is 9.92. The summed E-state index contributed by atoms with van der Waals surface area (Å²) in [6.45, 7) is 5.54. The number of hydrogen-bond acceptors (Lipinski definition) is 7. The van der Waals surface area contributed by atoms with Gasteiger partial charge < -0.3 is 19.5 Å². The SMILES string of the molecule is COc1cc(C=CC(=O)OCC(=O)Nc2cc(C(C)(C)C)nn2-c2ccccc2)ccc1OCC#N. The number of anilines is 1. The van der Waals surface area contributed by atoms with E-state index in [-0.39, 0.29) is 12.0 Å². The van der Waals surface area contributed by atoms with Gasteiger partial charge in [-0.05, 0) is 35.9 Å². The minimum atomic E-state index is -0.680. The van der Waals surface area contributed by atoms with Gasteiger partial charge in [0.05, 0.1) is 18.5 Å². The predicted molar refractivity (Wildman–Crippen MR) is 135 cm³/mol. The first-order valence-corrected chi connectivity index (χ1v) is 11.2. The van der Waals surface area contributed by atoms with Gasteiger partial charge in [-0.25, -0.2) is 9.48 Å². The van der Waals surface area contributed by atoms with E-state index >= 15 is 0 Å². The third kappa shape index (κ3) is 6.96. The van der Waals surface area contributed by atoms with E-state index in [4.69, 9.17) is 19.5 Å². The summed E-state index contributed by atoms with van der Waals surface area (Å²) in [5.41, 5.74) is 2.03. The minimum absolute atomic E-state index is 0.108. The molecule has 1 N–H and O–H groups in total. The average molecular weight is 489 g/mol. The molecule has 0 unspecified atom stereocenters. The van der Waals surface area contributed by atoms with Crippen LogP contribution in [0.1, 0.15) is 32.0 Å². The molecule has 0 fully saturated rings. The highest BCUT2D eigenvalue weighted by Gasteiger charge is 2.21. The third-order valence-corrected chi connectivity index (χ3v) is 4.98. The molecule has 186 valence electrons. The number of rotatable bonds is 9. The van der Waals surface area contributed by atoms with Crippen molar-refractivity contribution in [3.8, 4) is 23.3 Å². The second-order valence-corrected chi connectivity index (χ2v) is 8.76. The normalized spacial score (nSPS) is 11.1. The van der Waals surface area contributed by atoms with Crippen molar-refractivity contribution in [2.24, 2.45) is 0 Å². The summed E-state index contributed by atoms with van der Waals surface area (Å²) in [7, 11) is 1.48. The molecule has 36 heavy (non-hydrogen) atoms. The van der Waals surface area contributed by atoms with E-state index in [0.717, 1.165) is 11.4 Å². The van der Waals surface area contributed by atoms with Gasteiger partial charge >= 0.3 is 5.97 Å². The van der Waals surface area contributed by atoms with Gasteiger partial charge in [0.25, 0.3) is 5.91 Å². The van der Waals surface area contributed by atoms with Gasteiger partial charge in [0, 0.05) is 17.6 Å². The van der Waals surface area contributed by atoms with E-state index in [1.54, 1.807) is 22.9 Å². The number of aromatic nitrogens is 2. The molecule has 9 heteroatoms. The van der Waals surface area contributed by atoms with Crippen molar-refractivity contribution < 1.29 is 23.8 Å². The van der Waals surface area contributed by atoms with Crippen LogP contribution < -0.4 is 14.8 Å². The number of hydrogen-bond donors (Lipinski definition) is 1. The predicted octanol–water partition coefficient (Wildman–Crippen LogP) is 4.28. The number of ether oxygens (including phenoxy) is 3. The number of amides is 1. The highest BCUT2D eigenvalue weighted by atomic mass is 16.5. The lowest BCUT2D eigenvalue weighted by Crippen LogP contribution is -2.21. The van der Waals surface area contributed by atoms with Crippen LogP contribution in [-0.2, 0) is 19.7 Å². The molecule has 1 amide bonds. The van der Waals surface area contributed by atoms with Gasteiger partial charge in [-0.1, -0.05) is 45.0 Å². The Hall–Kier alpha value is -4.58. The Balaban J connectivity index is 1.62. The Bertz CT molecular complexity index is 1280. The summed E-state index contributed by atoms with van der Waals surface area (Å²) in [5.74, 6) is 0.147. The van der Waals surface area contributed by atoms with E-state index in [0.29, 0.717) is 22.9 Å². The Morgan fingerprint density at radius 3 is 2.53 bits per heavy atom. The van der Waals surface area contributed by atoms with E-state index in [1.807, 2.05) is 63.2 Å². The molecule has 1 aromatic heterocycles. The fourth-order valence-corrected chi connectivity index (χ4v) is 3.15. The minimum Gasteiger partial charge on any atom is -0.493 e. The van der Waals surface area contributed by atoms with Crippen molar-refractivity contribution >= 4 is 23.8 Å². The maximum absolute atomic E-state index is 12.5. The average Bonchev–Trinajstić information content (AvgIpc) is 3.30. The van der Waals surface area contributed by atoms with Crippen molar-refractivity contribution in [1.82, 2.24) is 9.78 Å². The van der Waals surface area contributed by atoms with E-state index in [1.165, 1.54) is 19.3 Å². The first kappa shape index (κ1) is 26.0. The van der Waals surface area contributed by atoms with E-state index in [9.17, 15) is 9.59 Å². The molecule has 0 bridgehead atoms. The second-order valence-electron chi connectivity index (χ2n) is 8.76. The van der Waals surface area contributed by atoms with Gasteiger partial charge in [0.1, 0.15) is 11.9 Å². The molecule has 9 nitrogen and oxygen atoms in total. The smallest absolute Gasteiger partial charge is 0.331 e. The largest absolute Gasteiger partial charge is 0.493 e. The number of carbonyl (C=O) groups excluding carboxylic acids is 2. The van der Waals surface area contributed by atoms with Crippen LogP contribution in [0, 0.1) is 11.3 Å². The van der Waals surface area contributed by atoms with Crippen LogP contribution in [0.25, 0.3) is 11.8 Å². The molecule has 0 saturated heterocycles. The molecule has 0 aliphatic heterocycles. The van der Waals surface area contributed by atoms with Gasteiger partial charge in [-0.2, -0.15) is 10.4 Å². The topological polar surface area (TPSA) is 115 Å². The van der Waals surface area contributed by atoms with Gasteiger partial charge in [-0.15, -0.1) is 0 Å². The lowest BCUT2D eigenvalue weighted by molar-refractivity contribution is -0.142. The highest BCUT2D eigenvalue weighted by Crippen LogP contribution is 2.29. The van der Waals surface area contributed by atoms with E-state index < -0.39 is 18.5 Å². The summed E-state index contributed by atoms with van der Waals surface area (Å²) in [6.07, 6.45) is 2.74. The Morgan fingerprint density at radius 1 is 1.11 bits per heavy atom. The summed E-state index contributed by atoms with van der Waals surface area (Å²) in [5, 5.41) is 16.1. The number of methoxy groups -OCH3 is 1. The van der Waals surface area contributed by atoms with Crippen LogP contribution in [0.5, 0.6) is 11.5 Å². The van der Waals surface area contributed by atoms with Crippen LogP contribution in [0.4, 0.5) is 5.82 Å². The van der Waals surface area contributed by atoms with Crippen LogP contribution >= 0.6 is 0 Å². The number of nitrogens with one attached hydrogen (secondary N) is 1. The molecular weight excluding hydrogens is 460 g/mol. The van der Waals surface area contributed by atoms with E-state index in [2.05, 4.69) is 10.4 Å². The standard InChI is InChI=1S/C27H28N4O5/c1-27(2,3)23-17-24(31(30-23)20-8-6-5-7-9-20)29-25(32)18-36-26(33)13-11-19-10-12-21(35-15-14-28)22(16-19)34-4/h5-13,16-17H,15,18H2,1-4H3,(H,29,32). The zero-order chi connectivity index (χ0) is 26.1. The summed E-state index contributed by atoms with van der Waals surface area (Å²) in [6, 6.07) is 18.1. The number of benzene rings is 2. The maximum Gasteiger partial charge on any atom is 0.331 e. The summed E-state index contributed by atoms with van der Waals surface area (Å²) in [4.78, 5) is 24.7. The van der Waals surface area contributed by atoms with Crippen LogP contribution in [-0.4, -0.2) is 42.0 Å². The van der Waals surface area contributed by atoms with Crippen LogP contribution in [0.15, 0.2) is 60.7 Å². The van der Waals surface area contributed by atoms with Gasteiger partial charge in [0.2, 0.25) is 0 Å². The Labute approximate surface area is 209 Å². The van der Waals surface area contributed by atoms with Crippen molar-refractivity contribution in [2.45, 2.75) is 26.2 Å². The van der Waals surface area contributed by atoms with Crippen LogP contribution in [0.2, 0.25) is 0 Å². The monoisotopic (exact) mass is 488 g/mol. The third-order valence-electron chi connectivity index (χ3n) is 4.98. The number of carbonyl (C=O) groups is 2. The quantitative estimate of drug-likeness (QED) is 0.353. The zero-order valence-corrected chi connectivity index (χ0v) is 20.6. The number of nitriles is 1. The zero-order valence-electron chi connectivity index (χ0n) is 20.6. The fraction of sp³-hybridized carbons (Fsp3) is 0.259. The molecule has 0 spiro atoms. The molecular formula is C27H28N4O5. The van der Waals surface area contributed by atoms with Crippen LogP contribution in [0.3, 0.4) is 0 Å². The van der Waals surface area contributed by atoms with Gasteiger partial charge in [-0.3, -0.25) is 4.79 Å². The Kier molecular flexibility index (Phi) is 8.47. The molecule has 0 radical (unpaired) electrons. The number of nitrogens with zero attached hydrogens (tertiary/aromatic N) is 3. The molecule has 0 atom stereocenters. The Morgan fingerprint density at radius 2 is 1.86 bits per heavy atom. The molecule has 3 aromatic rings. The van der Waals surface area contributed by atoms with Crippen molar-refractivity contribution in [1.29, 1.82) is 5.26 Å². The molecule has 0 aliphatic carbocycles. The molecule has 0 aliphatic rings. The molecule has 3 rings (SSSR count). The molecule has 2 aromatic carbocycles. The van der Waals surface area contributed by atoms with Gasteiger partial charge in [0.15, 0.2) is 24.7 Å². The maximum atomic E-state index is 12.5. The summed E-state index contributed by atoms with van der Waals surface area (Å²) < 4.78 is 17.3. The van der Waals surface area contributed by atoms with Crippen molar-refractivity contribution in [3.05, 3.63) is 71.9 Å². The fourth-order valence-electron chi connectivity index (χ4n) is 3.15. The first-order chi connectivity index (χ1) is 17.2. The van der Waals surface area contributed by atoms with Crippen molar-refractivity contribution in [3.63, 3.8) is 0 Å². The second kappa shape index (κ2) is 11.7. The molecule has 1 heterocycles. The van der Waals surface area contributed by atoms with Crippen molar-refractivity contribution in [2.75, 3.05) is 25.6 Å². The lowest BCUT2D eigenvalue weighted by Gasteiger charge is -2.14. The first-order valence-electron chi connectivity index (χ1n) is 11.2. The highest BCUT2D eigenvalue weighted by molar-refractivity contribution is 5.94. The number of para-hydroxylation sites is 1. The number of esters is 1. The molecule has 0 saturated carbocycles. The summed E-state index contributed by atoms with van der Waals surface area (Å²) >= 11 is 0.